The Morgan fingerprint density at radius 3 is 2.39 bits per heavy atom. The summed E-state index contributed by atoms with van der Waals surface area (Å²) in [7, 11) is 0. The number of carbonyl (C=O) groups is 1. The zero-order chi connectivity index (χ0) is 13.0. The molecule has 1 aliphatic rings. The molecule has 1 aliphatic carbocycles. The fourth-order valence-corrected chi connectivity index (χ4v) is 2.96. The summed E-state index contributed by atoms with van der Waals surface area (Å²) in [5, 5.41) is 9.41. The molecule has 0 amide bonds. The maximum absolute atomic E-state index is 11.4. The molecule has 1 unspecified atom stereocenters. The average molecular weight is 246 g/mol. The normalized spacial score (nSPS) is 25.6. The summed E-state index contributed by atoms with van der Waals surface area (Å²) in [6, 6.07) is 9.65. The molecule has 1 N–H and O–H groups in total. The van der Waals surface area contributed by atoms with Crippen molar-refractivity contribution in [1.29, 1.82) is 0 Å². The molecule has 0 spiro atoms. The zero-order valence-electron chi connectivity index (χ0n) is 11.0. The van der Waals surface area contributed by atoms with Crippen molar-refractivity contribution in [2.75, 3.05) is 0 Å². The van der Waals surface area contributed by atoms with Gasteiger partial charge in [-0.15, -0.1) is 0 Å². The van der Waals surface area contributed by atoms with E-state index in [0.717, 1.165) is 17.9 Å². The van der Waals surface area contributed by atoms with Crippen molar-refractivity contribution in [3.8, 4) is 0 Å². The number of carboxylic acids is 1. The van der Waals surface area contributed by atoms with Crippen molar-refractivity contribution >= 4 is 5.97 Å². The maximum atomic E-state index is 11.4. The topological polar surface area (TPSA) is 37.3 Å². The quantitative estimate of drug-likeness (QED) is 0.869. The van der Waals surface area contributed by atoms with E-state index in [1.54, 1.807) is 0 Å². The predicted molar refractivity (Wildman–Crippen MR) is 72.6 cm³/mol. The second kappa shape index (κ2) is 6.03. The van der Waals surface area contributed by atoms with E-state index >= 15 is 0 Å². The van der Waals surface area contributed by atoms with Crippen molar-refractivity contribution in [2.24, 2.45) is 11.8 Å². The minimum absolute atomic E-state index is 0.329. The molecule has 0 heterocycles. The Morgan fingerprint density at radius 2 is 1.83 bits per heavy atom. The summed E-state index contributed by atoms with van der Waals surface area (Å²) in [5.74, 6) is 0.396. The second-order valence-corrected chi connectivity index (χ2v) is 5.66. The fraction of sp³-hybridized carbons (Fsp3) is 0.562. The lowest BCUT2D eigenvalue weighted by molar-refractivity contribution is -0.139. The van der Waals surface area contributed by atoms with Gasteiger partial charge < -0.3 is 5.11 Å². The van der Waals surface area contributed by atoms with E-state index in [0.29, 0.717) is 5.92 Å². The van der Waals surface area contributed by atoms with Gasteiger partial charge in [-0.1, -0.05) is 62.9 Å². The highest BCUT2D eigenvalue weighted by Gasteiger charge is 2.26. The summed E-state index contributed by atoms with van der Waals surface area (Å²) in [5.41, 5.74) is 0.948. The van der Waals surface area contributed by atoms with E-state index in [2.05, 4.69) is 6.92 Å². The van der Waals surface area contributed by atoms with Crippen LogP contribution in [0.4, 0.5) is 0 Å². The predicted octanol–water partition coefficient (Wildman–Crippen LogP) is 4.07. The Balaban J connectivity index is 2.01. The Morgan fingerprint density at radius 1 is 1.22 bits per heavy atom. The van der Waals surface area contributed by atoms with Gasteiger partial charge in [-0.25, -0.2) is 0 Å². The molecule has 0 bridgehead atoms. The van der Waals surface area contributed by atoms with E-state index in [9.17, 15) is 9.90 Å². The summed E-state index contributed by atoms with van der Waals surface area (Å²) >= 11 is 0. The van der Waals surface area contributed by atoms with Gasteiger partial charge in [-0.2, -0.15) is 0 Å². The molecule has 1 atom stereocenters. The van der Waals surface area contributed by atoms with Gasteiger partial charge in [0.2, 0.25) is 0 Å². The smallest absolute Gasteiger partial charge is 0.310 e. The van der Waals surface area contributed by atoms with E-state index in [4.69, 9.17) is 0 Å². The lowest BCUT2D eigenvalue weighted by Crippen LogP contribution is -2.19. The zero-order valence-corrected chi connectivity index (χ0v) is 11.0. The Labute approximate surface area is 109 Å². The van der Waals surface area contributed by atoms with Crippen LogP contribution in [0.25, 0.3) is 0 Å². The first-order chi connectivity index (χ1) is 8.66. The third kappa shape index (κ3) is 3.34. The van der Waals surface area contributed by atoms with Crippen molar-refractivity contribution in [1.82, 2.24) is 0 Å². The maximum Gasteiger partial charge on any atom is 0.310 e. The summed E-state index contributed by atoms with van der Waals surface area (Å²) in [4.78, 5) is 11.4. The van der Waals surface area contributed by atoms with Crippen LogP contribution in [0.1, 0.15) is 50.5 Å². The Kier molecular flexibility index (Phi) is 4.40. The molecule has 98 valence electrons. The molecule has 0 radical (unpaired) electrons. The molecule has 18 heavy (non-hydrogen) atoms. The molecule has 0 aliphatic heterocycles. The highest BCUT2D eigenvalue weighted by atomic mass is 16.4. The number of carboxylic acid groups (broad SMARTS) is 1. The van der Waals surface area contributed by atoms with Crippen LogP contribution >= 0.6 is 0 Å². The molecule has 2 nitrogen and oxygen atoms in total. The van der Waals surface area contributed by atoms with Gasteiger partial charge in [-0.3, -0.25) is 4.79 Å². The number of hydrogen-bond acceptors (Lipinski definition) is 1. The monoisotopic (exact) mass is 246 g/mol. The van der Waals surface area contributed by atoms with Crippen LogP contribution in [0.3, 0.4) is 0 Å². The SMILES string of the molecule is CC1CCC(CC(C(=O)O)c2ccccc2)CC1. The molecular formula is C16H22O2. The van der Waals surface area contributed by atoms with Crippen LogP contribution in [0, 0.1) is 11.8 Å². The Bertz CT molecular complexity index is 377. The van der Waals surface area contributed by atoms with E-state index in [1.165, 1.54) is 25.7 Å². The molecule has 1 fully saturated rings. The van der Waals surface area contributed by atoms with Gasteiger partial charge in [0, 0.05) is 0 Å². The van der Waals surface area contributed by atoms with Gasteiger partial charge in [-0.05, 0) is 23.8 Å². The third-order valence-electron chi connectivity index (χ3n) is 4.20. The van der Waals surface area contributed by atoms with Crippen molar-refractivity contribution in [3.05, 3.63) is 35.9 Å². The van der Waals surface area contributed by atoms with Crippen LogP contribution in [0.5, 0.6) is 0 Å². The van der Waals surface area contributed by atoms with Crippen molar-refractivity contribution < 1.29 is 9.90 Å². The number of hydrogen-bond donors (Lipinski definition) is 1. The second-order valence-electron chi connectivity index (χ2n) is 5.66. The van der Waals surface area contributed by atoms with Gasteiger partial charge in [0.05, 0.1) is 5.92 Å². The average Bonchev–Trinajstić information content (AvgIpc) is 2.38. The first-order valence-corrected chi connectivity index (χ1v) is 6.94. The highest BCUT2D eigenvalue weighted by molar-refractivity contribution is 5.76. The Hall–Kier alpha value is -1.31. The molecule has 0 saturated heterocycles. The summed E-state index contributed by atoms with van der Waals surface area (Å²) in [6.45, 7) is 2.29. The standard InChI is InChI=1S/C16H22O2/c1-12-7-9-13(10-8-12)11-15(16(17)18)14-5-3-2-4-6-14/h2-6,12-13,15H,7-11H2,1H3,(H,17,18). The minimum atomic E-state index is -0.681. The van der Waals surface area contributed by atoms with Gasteiger partial charge in [0.25, 0.3) is 0 Å². The fourth-order valence-electron chi connectivity index (χ4n) is 2.96. The lowest BCUT2D eigenvalue weighted by atomic mass is 9.77. The van der Waals surface area contributed by atoms with E-state index in [1.807, 2.05) is 30.3 Å². The van der Waals surface area contributed by atoms with Crippen LogP contribution < -0.4 is 0 Å². The lowest BCUT2D eigenvalue weighted by Gasteiger charge is -2.28. The molecular weight excluding hydrogens is 224 g/mol. The molecule has 1 aromatic rings. The molecule has 1 aromatic carbocycles. The first kappa shape index (κ1) is 13.1. The highest BCUT2D eigenvalue weighted by Crippen LogP contribution is 2.35. The first-order valence-electron chi connectivity index (χ1n) is 6.94. The molecule has 2 heteroatoms. The summed E-state index contributed by atoms with van der Waals surface area (Å²) in [6.07, 6.45) is 5.69. The van der Waals surface area contributed by atoms with Crippen molar-refractivity contribution in [2.45, 2.75) is 44.9 Å². The van der Waals surface area contributed by atoms with Crippen LogP contribution in [-0.2, 0) is 4.79 Å². The van der Waals surface area contributed by atoms with Crippen LogP contribution in [0.2, 0.25) is 0 Å². The number of benzene rings is 1. The minimum Gasteiger partial charge on any atom is -0.481 e. The van der Waals surface area contributed by atoms with Gasteiger partial charge in [0.1, 0.15) is 0 Å². The van der Waals surface area contributed by atoms with Gasteiger partial charge >= 0.3 is 5.97 Å². The van der Waals surface area contributed by atoms with Crippen molar-refractivity contribution in [3.63, 3.8) is 0 Å². The van der Waals surface area contributed by atoms with Crippen LogP contribution in [0.15, 0.2) is 30.3 Å². The molecule has 0 aromatic heterocycles. The van der Waals surface area contributed by atoms with E-state index in [-0.39, 0.29) is 5.92 Å². The van der Waals surface area contributed by atoms with E-state index < -0.39 is 5.97 Å². The summed E-state index contributed by atoms with van der Waals surface area (Å²) < 4.78 is 0. The van der Waals surface area contributed by atoms with Crippen LogP contribution in [-0.4, -0.2) is 11.1 Å². The molecule has 2 rings (SSSR count). The largest absolute Gasteiger partial charge is 0.481 e. The third-order valence-corrected chi connectivity index (χ3v) is 4.20. The molecule has 1 saturated carbocycles. The van der Waals surface area contributed by atoms with Gasteiger partial charge in [0.15, 0.2) is 0 Å². The number of rotatable bonds is 4. The number of aliphatic carboxylic acids is 1.